The Hall–Kier alpha value is -1.89. The van der Waals surface area contributed by atoms with Gasteiger partial charge in [-0.15, -0.1) is 0 Å². The zero-order valence-electron chi connectivity index (χ0n) is 18.9. The van der Waals surface area contributed by atoms with Gasteiger partial charge in [0.15, 0.2) is 5.78 Å². The Labute approximate surface area is 205 Å². The highest BCUT2D eigenvalue weighted by Crippen LogP contribution is 2.62. The Morgan fingerprint density at radius 2 is 0.970 bits per heavy atom. The van der Waals surface area contributed by atoms with Gasteiger partial charge in [-0.1, -0.05) is 91.0 Å². The molecule has 4 saturated carbocycles. The van der Waals surface area contributed by atoms with Crippen LogP contribution in [-0.4, -0.2) is 9.99 Å². The van der Waals surface area contributed by atoms with Crippen LogP contribution in [0.25, 0.3) is 0 Å². The molecule has 168 valence electrons. The number of benzene rings is 3. The van der Waals surface area contributed by atoms with Crippen molar-refractivity contribution in [2.75, 3.05) is 0 Å². The van der Waals surface area contributed by atoms with E-state index in [1.165, 1.54) is 35.2 Å². The molecule has 0 aliphatic heterocycles. The Bertz CT molecular complexity index is 1080. The Kier molecular flexibility index (Phi) is 5.51. The highest BCUT2D eigenvalue weighted by Gasteiger charge is 2.55. The lowest BCUT2D eigenvalue weighted by Crippen LogP contribution is -2.52. The molecule has 7 rings (SSSR count). The molecule has 4 fully saturated rings. The molecule has 1 nitrogen and oxygen atoms in total. The van der Waals surface area contributed by atoms with E-state index < -0.39 is 6.89 Å². The molecule has 3 heteroatoms. The van der Waals surface area contributed by atoms with Crippen molar-refractivity contribution in [2.45, 2.75) is 38.5 Å². The monoisotopic (exact) mass is 516 g/mol. The number of halogens is 1. The van der Waals surface area contributed by atoms with Gasteiger partial charge >= 0.3 is 0 Å². The lowest BCUT2D eigenvalue weighted by Gasteiger charge is -2.56. The summed E-state index contributed by atoms with van der Waals surface area (Å²) in [4.78, 5) is 14.7. The van der Waals surface area contributed by atoms with Crippen LogP contribution in [0.2, 0.25) is 0 Å². The molecule has 4 aliphatic rings. The van der Waals surface area contributed by atoms with Gasteiger partial charge in [0.05, 0.1) is 4.20 Å². The van der Waals surface area contributed by atoms with Crippen LogP contribution in [-0.2, 0) is 4.79 Å². The summed E-state index contributed by atoms with van der Waals surface area (Å²) in [5.41, 5.74) is -0.169. The summed E-state index contributed by atoms with van der Waals surface area (Å²) >= 11 is 4.08. The van der Waals surface area contributed by atoms with Crippen molar-refractivity contribution in [3.8, 4) is 0 Å². The molecule has 0 radical (unpaired) electrons. The van der Waals surface area contributed by atoms with Gasteiger partial charge in [-0.2, -0.15) is 0 Å². The molecule has 4 bridgehead atoms. The van der Waals surface area contributed by atoms with Crippen LogP contribution in [0.3, 0.4) is 0 Å². The van der Waals surface area contributed by atoms with Gasteiger partial charge < -0.3 is 0 Å². The normalized spacial score (nSPS) is 28.0. The molecule has 3 aromatic rings. The maximum atomic E-state index is 14.7. The number of rotatable bonds is 5. The molecule has 0 amide bonds. The number of ketones is 1. The number of Topliss-reactive ketones (excluding diaryl/α,β-unsaturated/α-hetero) is 1. The first-order valence-corrected chi connectivity index (χ1v) is 14.8. The third-order valence-electron chi connectivity index (χ3n) is 8.43. The van der Waals surface area contributed by atoms with E-state index in [2.05, 4.69) is 107 Å². The summed E-state index contributed by atoms with van der Waals surface area (Å²) in [6.07, 6.45) is 7.31. The van der Waals surface area contributed by atoms with Crippen LogP contribution < -0.4 is 15.9 Å². The molecular formula is C30H30BrOP. The summed E-state index contributed by atoms with van der Waals surface area (Å²) in [7, 11) is 0. The number of hydrogen-bond acceptors (Lipinski definition) is 1. The number of carbonyl (C=O) groups is 1. The average molecular weight is 517 g/mol. The maximum Gasteiger partial charge on any atom is 0.176 e. The van der Waals surface area contributed by atoms with E-state index in [1.54, 1.807) is 0 Å². The van der Waals surface area contributed by atoms with Crippen molar-refractivity contribution >= 4 is 48.7 Å². The molecule has 0 N–H and O–H groups in total. The smallest absolute Gasteiger partial charge is 0.176 e. The summed E-state index contributed by atoms with van der Waals surface area (Å²) < 4.78 is 0.917. The first kappa shape index (κ1) is 21.6. The zero-order valence-corrected chi connectivity index (χ0v) is 21.3. The highest BCUT2D eigenvalue weighted by molar-refractivity contribution is 9.20. The Balaban J connectivity index is 1.65. The maximum absolute atomic E-state index is 14.7. The van der Waals surface area contributed by atoms with Crippen LogP contribution in [0.5, 0.6) is 0 Å². The van der Waals surface area contributed by atoms with Crippen molar-refractivity contribution < 1.29 is 4.79 Å². The summed E-state index contributed by atoms with van der Waals surface area (Å²) in [5, 5.41) is 3.73. The molecule has 0 spiro atoms. The molecule has 0 aromatic heterocycles. The van der Waals surface area contributed by atoms with Crippen molar-refractivity contribution in [2.24, 2.45) is 23.2 Å². The van der Waals surface area contributed by atoms with Gasteiger partial charge in [-0.3, -0.25) is 4.79 Å². The molecule has 0 atom stereocenters. The second-order valence-corrected chi connectivity index (χ2v) is 15.2. The van der Waals surface area contributed by atoms with E-state index in [4.69, 9.17) is 0 Å². The molecule has 0 unspecified atom stereocenters. The predicted octanol–water partition coefficient (Wildman–Crippen LogP) is 6.29. The number of carbonyl (C=O) groups excluding carboxylic acids is 1. The van der Waals surface area contributed by atoms with Crippen molar-refractivity contribution in [3.05, 3.63) is 91.0 Å². The van der Waals surface area contributed by atoms with Gasteiger partial charge in [0.2, 0.25) is 0 Å². The van der Waals surface area contributed by atoms with E-state index >= 15 is 0 Å². The molecule has 3 aromatic carbocycles. The van der Waals surface area contributed by atoms with Gasteiger partial charge in [0, 0.05) is 5.41 Å². The van der Waals surface area contributed by atoms with Crippen molar-refractivity contribution in [1.82, 2.24) is 0 Å². The minimum atomic E-state index is -2.34. The standard InChI is InChI=1S/C30H30BrOP/c31-29(28(32)30-19-22-16-23(20-30)18-24(17-22)21-30)33(25-10-4-1-5-11-25,26-12-6-2-7-13-26)27-14-8-3-9-15-27/h1-15,22-24H,16-21H2. The van der Waals surface area contributed by atoms with Crippen LogP contribution in [0.15, 0.2) is 91.0 Å². The average Bonchev–Trinajstić information content (AvgIpc) is 2.85. The highest BCUT2D eigenvalue weighted by atomic mass is 79.9. The minimum absolute atomic E-state index is 0.169. The van der Waals surface area contributed by atoms with Crippen molar-refractivity contribution in [1.29, 1.82) is 0 Å². The van der Waals surface area contributed by atoms with E-state index in [-0.39, 0.29) is 5.41 Å². The van der Waals surface area contributed by atoms with Gasteiger partial charge in [0.1, 0.15) is 0 Å². The first-order valence-electron chi connectivity index (χ1n) is 12.3. The van der Waals surface area contributed by atoms with Gasteiger partial charge in [-0.05, 0) is 95.0 Å². The van der Waals surface area contributed by atoms with Crippen molar-refractivity contribution in [3.63, 3.8) is 0 Å². The van der Waals surface area contributed by atoms with Gasteiger partial charge in [-0.25, -0.2) is 0 Å². The molecule has 33 heavy (non-hydrogen) atoms. The van der Waals surface area contributed by atoms with Gasteiger partial charge in [0.25, 0.3) is 0 Å². The van der Waals surface area contributed by atoms with Crippen LogP contribution in [0.1, 0.15) is 38.5 Å². The second-order valence-electron chi connectivity index (χ2n) is 10.5. The Morgan fingerprint density at radius 1 is 0.636 bits per heavy atom. The van der Waals surface area contributed by atoms with E-state index in [0.717, 1.165) is 41.2 Å². The lowest BCUT2D eigenvalue weighted by atomic mass is 9.48. The molecule has 0 saturated heterocycles. The fourth-order valence-corrected chi connectivity index (χ4v) is 13.7. The topological polar surface area (TPSA) is 17.1 Å². The van der Waals surface area contributed by atoms with E-state index in [9.17, 15) is 4.79 Å². The largest absolute Gasteiger partial charge is 0.293 e. The summed E-state index contributed by atoms with van der Waals surface area (Å²) in [6, 6.07) is 32.3. The molecular weight excluding hydrogens is 487 g/mol. The second kappa shape index (κ2) is 8.40. The first-order chi connectivity index (χ1) is 16.1. The SMILES string of the molecule is O=C(C(Br)=P(c1ccccc1)(c1ccccc1)c1ccccc1)C12CC3CC(CC(C3)C1)C2. The van der Waals surface area contributed by atoms with Crippen LogP contribution >= 0.6 is 22.8 Å². The number of hydrogen-bond donors (Lipinski definition) is 0. The fourth-order valence-electron chi connectivity index (χ4n) is 7.50. The van der Waals surface area contributed by atoms with Crippen LogP contribution in [0, 0.1) is 23.2 Å². The Morgan fingerprint density at radius 3 is 1.30 bits per heavy atom. The summed E-state index contributed by atoms with van der Waals surface area (Å²) in [6.45, 7) is -2.34. The zero-order chi connectivity index (χ0) is 22.5. The summed E-state index contributed by atoms with van der Waals surface area (Å²) in [5.74, 6) is 2.64. The van der Waals surface area contributed by atoms with E-state index in [0.29, 0.717) is 5.78 Å². The molecule has 4 aliphatic carbocycles. The predicted molar refractivity (Wildman–Crippen MR) is 145 cm³/mol. The third kappa shape index (κ3) is 3.44. The van der Waals surface area contributed by atoms with E-state index in [1.807, 2.05) is 0 Å². The minimum Gasteiger partial charge on any atom is -0.293 e. The third-order valence-corrected chi connectivity index (χ3v) is 14.4. The molecule has 0 heterocycles. The lowest BCUT2D eigenvalue weighted by molar-refractivity contribution is -0.136. The van der Waals surface area contributed by atoms with Crippen LogP contribution in [0.4, 0.5) is 0 Å². The quantitative estimate of drug-likeness (QED) is 0.364. The fraction of sp³-hybridized carbons (Fsp3) is 0.333.